The first-order chi connectivity index (χ1) is 11.2. The molecule has 0 radical (unpaired) electrons. The van der Waals surface area contributed by atoms with E-state index in [2.05, 4.69) is 16.2 Å². The van der Waals surface area contributed by atoms with Gasteiger partial charge in [0.15, 0.2) is 5.11 Å². The molecule has 0 unspecified atom stereocenters. The number of carbonyl (C=O) groups excluding carboxylic acids is 1. The minimum atomic E-state index is -0.179. The van der Waals surface area contributed by atoms with Gasteiger partial charge in [0.2, 0.25) is 5.91 Å². The van der Waals surface area contributed by atoms with Crippen LogP contribution < -0.4 is 20.9 Å². The predicted octanol–water partition coefficient (Wildman–Crippen LogP) is 1.93. The zero-order valence-electron chi connectivity index (χ0n) is 12.8. The van der Waals surface area contributed by atoms with Crippen molar-refractivity contribution in [1.82, 2.24) is 16.2 Å². The van der Waals surface area contributed by atoms with E-state index in [0.29, 0.717) is 11.7 Å². The van der Waals surface area contributed by atoms with Crippen LogP contribution in [-0.2, 0) is 17.8 Å². The summed E-state index contributed by atoms with van der Waals surface area (Å²) in [6.45, 7) is 0.596. The van der Waals surface area contributed by atoms with Crippen molar-refractivity contribution >= 4 is 23.2 Å². The predicted molar refractivity (Wildman–Crippen MR) is 93.9 cm³/mol. The maximum atomic E-state index is 11.9. The summed E-state index contributed by atoms with van der Waals surface area (Å²) in [4.78, 5) is 11.9. The van der Waals surface area contributed by atoms with E-state index in [1.807, 2.05) is 54.6 Å². The molecular formula is C17H19N3O2S. The molecule has 0 saturated heterocycles. The second-order valence-corrected chi connectivity index (χ2v) is 5.28. The number of ether oxygens (including phenoxy) is 1. The van der Waals surface area contributed by atoms with E-state index < -0.39 is 0 Å². The molecule has 120 valence electrons. The van der Waals surface area contributed by atoms with E-state index in [9.17, 15) is 4.79 Å². The normalized spacial score (nSPS) is 9.78. The fourth-order valence-corrected chi connectivity index (χ4v) is 2.08. The Balaban J connectivity index is 1.72. The van der Waals surface area contributed by atoms with Gasteiger partial charge in [-0.3, -0.25) is 15.6 Å². The van der Waals surface area contributed by atoms with Gasteiger partial charge < -0.3 is 10.1 Å². The standard InChI is InChI=1S/C17H19N3O2S/c1-22-15-9-5-8-14(10-15)11-16(21)19-20-17(23)18-12-13-6-3-2-4-7-13/h2-10H,11-12H2,1H3,(H,19,21)(H2,18,20,23). The van der Waals surface area contributed by atoms with Gasteiger partial charge in [0.05, 0.1) is 13.5 Å². The average molecular weight is 329 g/mol. The maximum Gasteiger partial charge on any atom is 0.242 e. The number of rotatable bonds is 5. The quantitative estimate of drug-likeness (QED) is 0.578. The number of methoxy groups -OCH3 is 1. The Morgan fingerprint density at radius 3 is 2.52 bits per heavy atom. The van der Waals surface area contributed by atoms with Crippen LogP contribution in [0.4, 0.5) is 0 Å². The molecule has 1 amide bonds. The first-order valence-electron chi connectivity index (χ1n) is 7.17. The van der Waals surface area contributed by atoms with Crippen LogP contribution in [0.15, 0.2) is 54.6 Å². The number of thiocarbonyl (C=S) groups is 1. The highest BCUT2D eigenvalue weighted by atomic mass is 32.1. The smallest absolute Gasteiger partial charge is 0.242 e. The maximum absolute atomic E-state index is 11.9. The van der Waals surface area contributed by atoms with Crippen molar-refractivity contribution in [2.45, 2.75) is 13.0 Å². The van der Waals surface area contributed by atoms with Crippen LogP contribution in [0.3, 0.4) is 0 Å². The van der Waals surface area contributed by atoms with Crippen molar-refractivity contribution in [3.05, 3.63) is 65.7 Å². The second-order valence-electron chi connectivity index (χ2n) is 4.87. The number of amides is 1. The van der Waals surface area contributed by atoms with Crippen LogP contribution in [0.1, 0.15) is 11.1 Å². The van der Waals surface area contributed by atoms with Crippen LogP contribution in [0.5, 0.6) is 5.75 Å². The van der Waals surface area contributed by atoms with Gasteiger partial charge in [-0.15, -0.1) is 0 Å². The molecule has 0 bridgehead atoms. The van der Waals surface area contributed by atoms with Crippen molar-refractivity contribution in [3.63, 3.8) is 0 Å². The molecule has 6 heteroatoms. The van der Waals surface area contributed by atoms with Crippen molar-refractivity contribution in [3.8, 4) is 5.75 Å². The molecule has 0 fully saturated rings. The van der Waals surface area contributed by atoms with Gasteiger partial charge in [-0.2, -0.15) is 0 Å². The Morgan fingerprint density at radius 2 is 1.78 bits per heavy atom. The van der Waals surface area contributed by atoms with Crippen LogP contribution in [0.25, 0.3) is 0 Å². The lowest BCUT2D eigenvalue weighted by Crippen LogP contribution is -2.47. The van der Waals surface area contributed by atoms with Crippen LogP contribution >= 0.6 is 12.2 Å². The molecule has 0 aliphatic carbocycles. The van der Waals surface area contributed by atoms with Crippen LogP contribution in [0.2, 0.25) is 0 Å². The number of hydrogen-bond donors (Lipinski definition) is 3. The van der Waals surface area contributed by atoms with Gasteiger partial charge >= 0.3 is 0 Å². The summed E-state index contributed by atoms with van der Waals surface area (Å²) in [5.41, 5.74) is 7.24. The lowest BCUT2D eigenvalue weighted by molar-refractivity contribution is -0.121. The third kappa shape index (κ3) is 5.96. The fourth-order valence-electron chi connectivity index (χ4n) is 1.96. The lowest BCUT2D eigenvalue weighted by Gasteiger charge is -2.12. The van der Waals surface area contributed by atoms with E-state index in [-0.39, 0.29) is 12.3 Å². The first kappa shape index (κ1) is 16.8. The Bertz CT molecular complexity index is 662. The molecule has 0 spiro atoms. The van der Waals surface area contributed by atoms with Crippen LogP contribution in [-0.4, -0.2) is 18.1 Å². The highest BCUT2D eigenvalue weighted by molar-refractivity contribution is 7.80. The average Bonchev–Trinajstić information content (AvgIpc) is 2.59. The van der Waals surface area contributed by atoms with Gasteiger partial charge in [0, 0.05) is 6.54 Å². The van der Waals surface area contributed by atoms with E-state index in [1.165, 1.54) is 0 Å². The van der Waals surface area contributed by atoms with Gasteiger partial charge in [0.1, 0.15) is 5.75 Å². The summed E-state index contributed by atoms with van der Waals surface area (Å²) in [5.74, 6) is 0.547. The molecular weight excluding hydrogens is 310 g/mol. The van der Waals surface area contributed by atoms with E-state index in [0.717, 1.165) is 16.9 Å². The van der Waals surface area contributed by atoms with E-state index in [1.54, 1.807) is 7.11 Å². The van der Waals surface area contributed by atoms with Crippen LogP contribution in [0, 0.1) is 0 Å². The Labute approximate surface area is 141 Å². The topological polar surface area (TPSA) is 62.4 Å². The van der Waals surface area contributed by atoms with Crippen molar-refractivity contribution < 1.29 is 9.53 Å². The molecule has 0 aromatic heterocycles. The summed E-state index contributed by atoms with van der Waals surface area (Å²) in [6.07, 6.45) is 0.242. The highest BCUT2D eigenvalue weighted by Crippen LogP contribution is 2.12. The molecule has 0 aliphatic rings. The molecule has 0 aliphatic heterocycles. The fraction of sp³-hybridized carbons (Fsp3) is 0.176. The molecule has 2 aromatic rings. The Morgan fingerprint density at radius 1 is 1.04 bits per heavy atom. The van der Waals surface area contributed by atoms with Crippen molar-refractivity contribution in [1.29, 1.82) is 0 Å². The van der Waals surface area contributed by atoms with Crippen molar-refractivity contribution in [2.24, 2.45) is 0 Å². The largest absolute Gasteiger partial charge is 0.497 e. The Hall–Kier alpha value is -2.60. The molecule has 0 heterocycles. The minimum absolute atomic E-state index is 0.179. The number of hydrogen-bond acceptors (Lipinski definition) is 3. The summed E-state index contributed by atoms with van der Waals surface area (Å²) >= 11 is 5.12. The van der Waals surface area contributed by atoms with E-state index >= 15 is 0 Å². The second kappa shape index (κ2) is 8.75. The monoisotopic (exact) mass is 329 g/mol. The number of nitrogens with one attached hydrogen (secondary N) is 3. The molecule has 0 atom stereocenters. The molecule has 0 saturated carbocycles. The first-order valence-corrected chi connectivity index (χ1v) is 7.58. The summed E-state index contributed by atoms with van der Waals surface area (Å²) in [5, 5.41) is 3.39. The van der Waals surface area contributed by atoms with Gasteiger partial charge in [-0.25, -0.2) is 0 Å². The van der Waals surface area contributed by atoms with Gasteiger partial charge in [0.25, 0.3) is 0 Å². The summed E-state index contributed by atoms with van der Waals surface area (Å²) in [6, 6.07) is 17.3. The zero-order valence-corrected chi connectivity index (χ0v) is 13.7. The number of hydrazine groups is 1. The Kier molecular flexibility index (Phi) is 6.38. The van der Waals surface area contributed by atoms with Gasteiger partial charge in [-0.1, -0.05) is 42.5 Å². The summed E-state index contributed by atoms with van der Waals surface area (Å²) < 4.78 is 5.13. The SMILES string of the molecule is COc1cccc(CC(=O)NNC(=S)NCc2ccccc2)c1. The molecule has 2 rings (SSSR count). The third-order valence-corrected chi connectivity index (χ3v) is 3.36. The third-order valence-electron chi connectivity index (χ3n) is 3.11. The molecule has 23 heavy (non-hydrogen) atoms. The van der Waals surface area contributed by atoms with E-state index in [4.69, 9.17) is 17.0 Å². The van der Waals surface area contributed by atoms with Crippen molar-refractivity contribution in [2.75, 3.05) is 7.11 Å². The molecule has 2 aromatic carbocycles. The molecule has 3 N–H and O–H groups in total. The number of carbonyl (C=O) groups is 1. The summed E-state index contributed by atoms with van der Waals surface area (Å²) in [7, 11) is 1.59. The highest BCUT2D eigenvalue weighted by Gasteiger charge is 2.05. The van der Waals surface area contributed by atoms with Gasteiger partial charge in [-0.05, 0) is 35.5 Å². The zero-order chi connectivity index (χ0) is 16.5. The minimum Gasteiger partial charge on any atom is -0.497 e. The molecule has 5 nitrogen and oxygen atoms in total. The lowest BCUT2D eigenvalue weighted by atomic mass is 10.1. The number of benzene rings is 2.